The molecule has 0 spiro atoms. The number of aromatic nitrogens is 2. The quantitative estimate of drug-likeness (QED) is 0.711. The van der Waals surface area contributed by atoms with Gasteiger partial charge in [-0.1, -0.05) is 60.1 Å². The van der Waals surface area contributed by atoms with E-state index in [2.05, 4.69) is 10.00 Å². The summed E-state index contributed by atoms with van der Waals surface area (Å²) in [5, 5.41) is 4.50. The first-order valence-electron chi connectivity index (χ1n) is 8.49. The van der Waals surface area contributed by atoms with E-state index in [0.29, 0.717) is 31.1 Å². The first-order chi connectivity index (χ1) is 12.7. The molecule has 0 radical (unpaired) electrons. The van der Waals surface area contributed by atoms with Crippen LogP contribution in [0.25, 0.3) is 5.69 Å². The van der Waals surface area contributed by atoms with Gasteiger partial charge in [-0.25, -0.2) is 0 Å². The van der Waals surface area contributed by atoms with Gasteiger partial charge in [0.05, 0.1) is 24.2 Å². The summed E-state index contributed by atoms with van der Waals surface area (Å²) in [6, 6.07) is 19.3. The number of para-hydroxylation sites is 1. The van der Waals surface area contributed by atoms with Gasteiger partial charge in [-0.2, -0.15) is 9.78 Å². The molecule has 3 aromatic rings. The van der Waals surface area contributed by atoms with Gasteiger partial charge in [0.2, 0.25) is 0 Å². The van der Waals surface area contributed by atoms with E-state index in [1.807, 2.05) is 60.7 Å². The van der Waals surface area contributed by atoms with Crippen molar-refractivity contribution in [3.05, 3.63) is 87.8 Å². The van der Waals surface area contributed by atoms with Crippen LogP contribution in [0.5, 0.6) is 0 Å². The van der Waals surface area contributed by atoms with Crippen LogP contribution >= 0.6 is 11.6 Å². The van der Waals surface area contributed by atoms with Gasteiger partial charge in [0.15, 0.2) is 0 Å². The van der Waals surface area contributed by atoms with Crippen LogP contribution in [0.4, 0.5) is 5.69 Å². The molecule has 2 aromatic carbocycles. The molecule has 5 nitrogen and oxygen atoms in total. The third kappa shape index (κ3) is 3.23. The van der Waals surface area contributed by atoms with Crippen LogP contribution < -0.4 is 10.5 Å². The Morgan fingerprint density at radius 3 is 2.46 bits per heavy atom. The molecule has 0 saturated carbocycles. The van der Waals surface area contributed by atoms with Gasteiger partial charge in [0.1, 0.15) is 11.1 Å². The molecule has 1 aliphatic rings. The molecule has 0 bridgehead atoms. The van der Waals surface area contributed by atoms with E-state index in [4.69, 9.17) is 16.3 Å². The van der Waals surface area contributed by atoms with Crippen LogP contribution in [0.2, 0.25) is 5.02 Å². The number of rotatable bonds is 3. The molecule has 4 rings (SSSR count). The molecule has 0 amide bonds. The minimum absolute atomic E-state index is 0.0578. The fourth-order valence-corrected chi connectivity index (χ4v) is 3.38. The van der Waals surface area contributed by atoms with Crippen molar-refractivity contribution in [3.8, 4) is 5.69 Å². The fourth-order valence-electron chi connectivity index (χ4n) is 3.14. The van der Waals surface area contributed by atoms with Crippen molar-refractivity contribution in [2.45, 2.75) is 6.10 Å². The predicted octanol–water partition coefficient (Wildman–Crippen LogP) is 3.46. The van der Waals surface area contributed by atoms with Gasteiger partial charge in [0.25, 0.3) is 5.56 Å². The molecule has 1 fully saturated rings. The SMILES string of the molecule is O=c1c(Cl)c(N2CCOC(c3ccccc3)C2)cnn1-c1ccccc1. The number of anilines is 1. The summed E-state index contributed by atoms with van der Waals surface area (Å²) in [5.74, 6) is 0. The van der Waals surface area contributed by atoms with Gasteiger partial charge < -0.3 is 9.64 Å². The average molecular weight is 368 g/mol. The van der Waals surface area contributed by atoms with Crippen LogP contribution in [0, 0.1) is 0 Å². The number of halogens is 1. The molecule has 0 aliphatic carbocycles. The van der Waals surface area contributed by atoms with E-state index in [9.17, 15) is 4.79 Å². The first-order valence-corrected chi connectivity index (χ1v) is 8.86. The molecule has 26 heavy (non-hydrogen) atoms. The maximum absolute atomic E-state index is 12.7. The standard InChI is InChI=1S/C20H18ClN3O2/c21-19-17(13-22-24(20(19)25)16-9-5-2-6-10-16)23-11-12-26-18(14-23)15-7-3-1-4-8-15/h1-10,13,18H,11-12,14H2. The maximum Gasteiger partial charge on any atom is 0.292 e. The van der Waals surface area contributed by atoms with E-state index in [-0.39, 0.29) is 16.7 Å². The summed E-state index contributed by atoms with van der Waals surface area (Å²) >= 11 is 6.42. The summed E-state index contributed by atoms with van der Waals surface area (Å²) in [4.78, 5) is 14.8. The molecule has 1 atom stereocenters. The van der Waals surface area contributed by atoms with Crippen molar-refractivity contribution >= 4 is 17.3 Å². The summed E-state index contributed by atoms with van der Waals surface area (Å²) in [7, 11) is 0. The van der Waals surface area contributed by atoms with E-state index in [1.54, 1.807) is 6.20 Å². The second kappa shape index (κ2) is 7.32. The molecule has 1 aliphatic heterocycles. The van der Waals surface area contributed by atoms with Gasteiger partial charge in [-0.3, -0.25) is 4.79 Å². The summed E-state index contributed by atoms with van der Waals surface area (Å²) in [6.45, 7) is 1.86. The zero-order valence-corrected chi connectivity index (χ0v) is 14.8. The number of morpholine rings is 1. The Balaban J connectivity index is 1.64. The van der Waals surface area contributed by atoms with Gasteiger partial charge in [-0.15, -0.1) is 0 Å². The molecule has 1 saturated heterocycles. The highest BCUT2D eigenvalue weighted by atomic mass is 35.5. The largest absolute Gasteiger partial charge is 0.370 e. The second-order valence-electron chi connectivity index (χ2n) is 6.11. The Morgan fingerprint density at radius 1 is 1.04 bits per heavy atom. The Kier molecular flexibility index (Phi) is 4.73. The lowest BCUT2D eigenvalue weighted by molar-refractivity contribution is 0.0397. The highest BCUT2D eigenvalue weighted by Crippen LogP contribution is 2.28. The summed E-state index contributed by atoms with van der Waals surface area (Å²) in [6.07, 6.45) is 1.60. The number of nitrogens with zero attached hydrogens (tertiary/aromatic N) is 3. The van der Waals surface area contributed by atoms with Crippen molar-refractivity contribution < 1.29 is 4.74 Å². The maximum atomic E-state index is 12.7. The van der Waals surface area contributed by atoms with Crippen LogP contribution in [-0.4, -0.2) is 29.5 Å². The Morgan fingerprint density at radius 2 is 1.73 bits per heavy atom. The number of ether oxygens (including phenoxy) is 1. The lowest BCUT2D eigenvalue weighted by Crippen LogP contribution is -2.39. The van der Waals surface area contributed by atoms with E-state index >= 15 is 0 Å². The molecule has 132 valence electrons. The zero-order chi connectivity index (χ0) is 17.9. The molecule has 0 N–H and O–H groups in total. The molecule has 1 aromatic heterocycles. The fraction of sp³-hybridized carbons (Fsp3) is 0.200. The van der Waals surface area contributed by atoms with Crippen LogP contribution in [0.1, 0.15) is 11.7 Å². The topological polar surface area (TPSA) is 47.4 Å². The second-order valence-corrected chi connectivity index (χ2v) is 6.49. The molecular weight excluding hydrogens is 350 g/mol. The van der Waals surface area contributed by atoms with Crippen LogP contribution in [0.3, 0.4) is 0 Å². The van der Waals surface area contributed by atoms with Crippen molar-refractivity contribution in [2.24, 2.45) is 0 Å². The Labute approximate surface area is 156 Å². The van der Waals surface area contributed by atoms with Crippen LogP contribution in [0.15, 0.2) is 71.7 Å². The number of hydrogen-bond acceptors (Lipinski definition) is 4. The molecule has 1 unspecified atom stereocenters. The lowest BCUT2D eigenvalue weighted by atomic mass is 10.1. The Bertz CT molecular complexity index is 944. The summed E-state index contributed by atoms with van der Waals surface area (Å²) in [5.41, 5.74) is 2.13. The zero-order valence-electron chi connectivity index (χ0n) is 14.1. The van der Waals surface area contributed by atoms with Gasteiger partial charge >= 0.3 is 0 Å². The molecule has 6 heteroatoms. The normalized spacial score (nSPS) is 17.3. The first kappa shape index (κ1) is 16.8. The minimum atomic E-state index is -0.321. The average Bonchev–Trinajstić information content (AvgIpc) is 2.71. The third-order valence-corrected chi connectivity index (χ3v) is 4.84. The monoisotopic (exact) mass is 367 g/mol. The lowest BCUT2D eigenvalue weighted by Gasteiger charge is -2.34. The minimum Gasteiger partial charge on any atom is -0.370 e. The highest BCUT2D eigenvalue weighted by molar-refractivity contribution is 6.33. The van der Waals surface area contributed by atoms with Crippen molar-refractivity contribution in [3.63, 3.8) is 0 Å². The van der Waals surface area contributed by atoms with Crippen molar-refractivity contribution in [2.75, 3.05) is 24.6 Å². The van der Waals surface area contributed by atoms with Gasteiger partial charge in [0, 0.05) is 13.1 Å². The van der Waals surface area contributed by atoms with E-state index in [1.165, 1.54) is 4.68 Å². The molecule has 2 heterocycles. The smallest absolute Gasteiger partial charge is 0.292 e. The predicted molar refractivity (Wildman–Crippen MR) is 102 cm³/mol. The number of benzene rings is 2. The van der Waals surface area contributed by atoms with Crippen molar-refractivity contribution in [1.29, 1.82) is 0 Å². The van der Waals surface area contributed by atoms with Crippen molar-refractivity contribution in [1.82, 2.24) is 9.78 Å². The van der Waals surface area contributed by atoms with Gasteiger partial charge in [-0.05, 0) is 17.7 Å². The highest BCUT2D eigenvalue weighted by Gasteiger charge is 2.25. The molecular formula is C20H18ClN3O2. The number of hydrogen-bond donors (Lipinski definition) is 0. The van der Waals surface area contributed by atoms with Crippen LogP contribution in [-0.2, 0) is 4.74 Å². The Hall–Kier alpha value is -2.63. The summed E-state index contributed by atoms with van der Waals surface area (Å²) < 4.78 is 7.21. The van der Waals surface area contributed by atoms with E-state index < -0.39 is 0 Å². The van der Waals surface area contributed by atoms with E-state index in [0.717, 1.165) is 5.56 Å². The third-order valence-electron chi connectivity index (χ3n) is 4.48.